The Kier molecular flexibility index (Phi) is 5.54. The second-order valence-electron chi connectivity index (χ2n) is 8.27. The largest absolute Gasteiger partial charge is 0.324 e. The first-order valence-corrected chi connectivity index (χ1v) is 10.9. The lowest BCUT2D eigenvalue weighted by Gasteiger charge is -2.29. The van der Waals surface area contributed by atoms with Crippen LogP contribution in [0.3, 0.4) is 0 Å². The predicted octanol–water partition coefficient (Wildman–Crippen LogP) is 1.22. The summed E-state index contributed by atoms with van der Waals surface area (Å²) in [6, 6.07) is 13.2. The minimum Gasteiger partial charge on any atom is -0.324 e. The first-order chi connectivity index (χ1) is 16.9. The molecule has 174 valence electrons. The molecule has 1 fully saturated rings. The molecule has 2 aliphatic rings. The van der Waals surface area contributed by atoms with Crippen LogP contribution in [0.2, 0.25) is 0 Å². The standard InChI is InChI=1S/C24H19N7O4/c25-10-14-4-6-15(7-5-14)19-12-30(29-28-19)13-22(33)26-18-3-1-2-16-17(18)11-31(24(16)35)20-8-9-21(32)27-23(20)34/h1-7,12,20H,8-9,11,13H2,(H,26,33)(H,27,32,34). The molecule has 11 nitrogen and oxygen atoms in total. The van der Waals surface area contributed by atoms with Crippen LogP contribution in [0.4, 0.5) is 5.69 Å². The van der Waals surface area contributed by atoms with Crippen molar-refractivity contribution >= 4 is 29.3 Å². The normalized spacial score (nSPS) is 17.1. The van der Waals surface area contributed by atoms with Crippen LogP contribution in [0, 0.1) is 11.3 Å². The van der Waals surface area contributed by atoms with E-state index in [1.54, 1.807) is 48.7 Å². The average molecular weight is 469 g/mol. The Labute approximate surface area is 199 Å². The number of piperidine rings is 1. The Hall–Kier alpha value is -4.85. The fraction of sp³-hybridized carbons (Fsp3) is 0.208. The number of amides is 4. The van der Waals surface area contributed by atoms with Crippen molar-refractivity contribution in [2.75, 3.05) is 5.32 Å². The molecule has 35 heavy (non-hydrogen) atoms. The highest BCUT2D eigenvalue weighted by Crippen LogP contribution is 2.32. The Morgan fingerprint density at radius 1 is 1.17 bits per heavy atom. The maximum Gasteiger partial charge on any atom is 0.255 e. The van der Waals surface area contributed by atoms with Gasteiger partial charge in [0.2, 0.25) is 17.7 Å². The SMILES string of the molecule is N#Cc1ccc(-c2cn(CC(=O)Nc3cccc4c3CN(C3CCC(=O)NC3=O)C4=O)nn2)cc1. The maximum absolute atomic E-state index is 12.9. The van der Waals surface area contributed by atoms with Crippen LogP contribution in [0.5, 0.6) is 0 Å². The first-order valence-electron chi connectivity index (χ1n) is 10.9. The van der Waals surface area contributed by atoms with Gasteiger partial charge in [-0.25, -0.2) is 4.68 Å². The fourth-order valence-corrected chi connectivity index (χ4v) is 4.26. The second kappa shape index (κ2) is 8.83. The highest BCUT2D eigenvalue weighted by atomic mass is 16.2. The Morgan fingerprint density at radius 2 is 1.97 bits per heavy atom. The van der Waals surface area contributed by atoms with Gasteiger partial charge in [-0.05, 0) is 30.7 Å². The van der Waals surface area contributed by atoms with E-state index in [2.05, 4.69) is 27.0 Å². The van der Waals surface area contributed by atoms with Crippen molar-refractivity contribution in [2.45, 2.75) is 32.0 Å². The van der Waals surface area contributed by atoms with Gasteiger partial charge in [0.15, 0.2) is 0 Å². The van der Waals surface area contributed by atoms with Crippen LogP contribution in [0.25, 0.3) is 11.3 Å². The van der Waals surface area contributed by atoms with Crippen molar-refractivity contribution in [1.82, 2.24) is 25.2 Å². The van der Waals surface area contributed by atoms with Gasteiger partial charge >= 0.3 is 0 Å². The quantitative estimate of drug-likeness (QED) is 0.533. The average Bonchev–Trinajstić information content (AvgIpc) is 3.44. The van der Waals surface area contributed by atoms with Crippen molar-refractivity contribution in [2.24, 2.45) is 0 Å². The van der Waals surface area contributed by atoms with E-state index in [-0.39, 0.29) is 43.7 Å². The smallest absolute Gasteiger partial charge is 0.255 e. The molecule has 0 aliphatic carbocycles. The van der Waals surface area contributed by atoms with Crippen molar-refractivity contribution in [3.63, 3.8) is 0 Å². The third-order valence-electron chi connectivity index (χ3n) is 6.01. The molecule has 4 amide bonds. The lowest BCUT2D eigenvalue weighted by atomic mass is 10.0. The number of hydrogen-bond acceptors (Lipinski definition) is 7. The summed E-state index contributed by atoms with van der Waals surface area (Å²) < 4.78 is 1.40. The number of imide groups is 1. The van der Waals surface area contributed by atoms with Gasteiger partial charge in [0.1, 0.15) is 18.3 Å². The third kappa shape index (κ3) is 4.24. The van der Waals surface area contributed by atoms with Crippen LogP contribution in [0.15, 0.2) is 48.7 Å². The van der Waals surface area contributed by atoms with Crippen molar-refractivity contribution < 1.29 is 19.2 Å². The molecule has 2 aromatic carbocycles. The molecular weight excluding hydrogens is 450 g/mol. The molecule has 0 bridgehead atoms. The van der Waals surface area contributed by atoms with Gasteiger partial charge in [-0.2, -0.15) is 5.26 Å². The number of fused-ring (bicyclic) bond motifs is 1. The van der Waals surface area contributed by atoms with Gasteiger partial charge in [-0.15, -0.1) is 5.10 Å². The van der Waals surface area contributed by atoms with E-state index in [1.807, 2.05) is 0 Å². The maximum atomic E-state index is 12.9. The van der Waals surface area contributed by atoms with Gasteiger partial charge in [0.05, 0.1) is 17.8 Å². The monoisotopic (exact) mass is 469 g/mol. The third-order valence-corrected chi connectivity index (χ3v) is 6.01. The van der Waals surface area contributed by atoms with Crippen molar-refractivity contribution in [3.05, 3.63) is 65.4 Å². The van der Waals surface area contributed by atoms with Gasteiger partial charge in [0.25, 0.3) is 5.91 Å². The molecule has 1 atom stereocenters. The molecule has 3 heterocycles. The molecular formula is C24H19N7O4. The van der Waals surface area contributed by atoms with Gasteiger partial charge in [-0.3, -0.25) is 24.5 Å². The second-order valence-corrected chi connectivity index (χ2v) is 8.27. The zero-order valence-corrected chi connectivity index (χ0v) is 18.4. The number of aromatic nitrogens is 3. The van der Waals surface area contributed by atoms with Crippen LogP contribution >= 0.6 is 0 Å². The summed E-state index contributed by atoms with van der Waals surface area (Å²) in [7, 11) is 0. The molecule has 2 aliphatic heterocycles. The number of benzene rings is 2. The topological polar surface area (TPSA) is 150 Å². The summed E-state index contributed by atoms with van der Waals surface area (Å²) in [5.41, 5.74) is 3.37. The summed E-state index contributed by atoms with van der Waals surface area (Å²) >= 11 is 0. The molecule has 1 aromatic heterocycles. The van der Waals surface area contributed by atoms with Gasteiger partial charge in [-0.1, -0.05) is 23.4 Å². The number of nitriles is 1. The van der Waals surface area contributed by atoms with E-state index in [0.717, 1.165) is 5.56 Å². The zero-order valence-electron chi connectivity index (χ0n) is 18.4. The molecule has 0 saturated carbocycles. The number of carbonyl (C=O) groups excluding carboxylic acids is 4. The molecule has 3 aromatic rings. The van der Waals surface area contributed by atoms with E-state index in [1.165, 1.54) is 9.58 Å². The lowest BCUT2D eigenvalue weighted by Crippen LogP contribution is -2.52. The highest BCUT2D eigenvalue weighted by molar-refractivity contribution is 6.06. The molecule has 2 N–H and O–H groups in total. The predicted molar refractivity (Wildman–Crippen MR) is 121 cm³/mol. The Bertz CT molecular complexity index is 1400. The van der Waals surface area contributed by atoms with Crippen molar-refractivity contribution in [3.8, 4) is 17.3 Å². The number of nitrogens with one attached hydrogen (secondary N) is 2. The minimum absolute atomic E-state index is 0.0995. The summed E-state index contributed by atoms with van der Waals surface area (Å²) in [5, 5.41) is 22.1. The van der Waals surface area contributed by atoms with Crippen LogP contribution < -0.4 is 10.6 Å². The molecule has 1 unspecified atom stereocenters. The van der Waals surface area contributed by atoms with Crippen molar-refractivity contribution in [1.29, 1.82) is 5.26 Å². The number of hydrogen-bond donors (Lipinski definition) is 2. The molecule has 11 heteroatoms. The van der Waals surface area contributed by atoms with E-state index < -0.39 is 11.9 Å². The number of nitrogens with zero attached hydrogens (tertiary/aromatic N) is 5. The van der Waals surface area contributed by atoms with Crippen LogP contribution in [-0.2, 0) is 27.5 Å². The van der Waals surface area contributed by atoms with Crippen LogP contribution in [0.1, 0.15) is 34.3 Å². The van der Waals surface area contributed by atoms with E-state index >= 15 is 0 Å². The summed E-state index contributed by atoms with van der Waals surface area (Å²) in [4.78, 5) is 50.8. The number of anilines is 1. The van der Waals surface area contributed by atoms with E-state index in [4.69, 9.17) is 5.26 Å². The zero-order chi connectivity index (χ0) is 24.5. The summed E-state index contributed by atoms with van der Waals surface area (Å²) in [5.74, 6) is -1.51. The Balaban J connectivity index is 1.28. The molecule has 1 saturated heterocycles. The Morgan fingerprint density at radius 3 is 2.71 bits per heavy atom. The van der Waals surface area contributed by atoms with E-state index in [0.29, 0.717) is 28.1 Å². The summed E-state index contributed by atoms with van der Waals surface area (Å²) in [6.07, 6.45) is 2.06. The molecule has 5 rings (SSSR count). The molecule has 0 radical (unpaired) electrons. The lowest BCUT2D eigenvalue weighted by molar-refractivity contribution is -0.137. The minimum atomic E-state index is -0.730. The highest BCUT2D eigenvalue weighted by Gasteiger charge is 2.39. The fourth-order valence-electron chi connectivity index (χ4n) is 4.26. The van der Waals surface area contributed by atoms with Gasteiger partial charge in [0, 0.05) is 35.3 Å². The van der Waals surface area contributed by atoms with Crippen LogP contribution in [-0.4, -0.2) is 49.6 Å². The molecule has 0 spiro atoms. The number of rotatable bonds is 5. The van der Waals surface area contributed by atoms with Gasteiger partial charge < -0.3 is 10.2 Å². The summed E-state index contributed by atoms with van der Waals surface area (Å²) in [6.45, 7) is 0.0564. The first kappa shape index (κ1) is 22.0. The number of carbonyl (C=O) groups is 4. The van der Waals surface area contributed by atoms with E-state index in [9.17, 15) is 19.2 Å².